The quantitative estimate of drug-likeness (QED) is 0.861. The summed E-state index contributed by atoms with van der Waals surface area (Å²) in [6, 6.07) is 10.1. The molecule has 0 radical (unpaired) electrons. The third-order valence-corrected chi connectivity index (χ3v) is 4.22. The molecular weight excluding hydrogens is 290 g/mol. The average Bonchev–Trinajstić information content (AvgIpc) is 2.55. The van der Waals surface area contributed by atoms with Crippen LogP contribution in [0.5, 0.6) is 0 Å². The number of thioether (sulfide) groups is 1. The molecule has 0 unspecified atom stereocenters. The number of allylic oxidation sites excluding steroid dienone is 1. The van der Waals surface area contributed by atoms with Crippen molar-refractivity contribution in [1.29, 1.82) is 5.26 Å². The smallest absolute Gasteiger partial charge is 0.0991 e. The van der Waals surface area contributed by atoms with Gasteiger partial charge in [-0.2, -0.15) is 5.26 Å². The molecule has 4 heteroatoms. The predicted molar refractivity (Wildman–Crippen MR) is 96.0 cm³/mol. The number of rotatable bonds is 6. The molecule has 0 bridgehead atoms. The molecular formula is C18H23N3S. The van der Waals surface area contributed by atoms with Gasteiger partial charge in [0, 0.05) is 19.5 Å². The molecule has 0 fully saturated rings. The molecule has 1 aliphatic rings. The molecule has 2 rings (SSSR count). The van der Waals surface area contributed by atoms with Gasteiger partial charge in [0.2, 0.25) is 0 Å². The van der Waals surface area contributed by atoms with Gasteiger partial charge >= 0.3 is 0 Å². The summed E-state index contributed by atoms with van der Waals surface area (Å²) in [5.41, 5.74) is 3.17. The molecule has 0 spiro atoms. The first-order valence-corrected chi connectivity index (χ1v) is 9.01. The van der Waals surface area contributed by atoms with Gasteiger partial charge in [-0.05, 0) is 53.7 Å². The molecule has 1 heterocycles. The van der Waals surface area contributed by atoms with Crippen molar-refractivity contribution in [2.75, 3.05) is 19.3 Å². The van der Waals surface area contributed by atoms with E-state index in [0.29, 0.717) is 5.92 Å². The zero-order valence-corrected chi connectivity index (χ0v) is 14.1. The highest BCUT2D eigenvalue weighted by atomic mass is 32.2. The number of hydrogen-bond acceptors (Lipinski definition) is 4. The fourth-order valence-corrected chi connectivity index (χ4v) is 3.18. The lowest BCUT2D eigenvalue weighted by Crippen LogP contribution is -2.30. The van der Waals surface area contributed by atoms with E-state index in [2.05, 4.69) is 41.0 Å². The lowest BCUT2D eigenvalue weighted by Gasteiger charge is -2.19. The van der Waals surface area contributed by atoms with Gasteiger partial charge in [-0.15, -0.1) is 11.8 Å². The summed E-state index contributed by atoms with van der Waals surface area (Å²) in [6.07, 6.45) is 5.20. The third kappa shape index (κ3) is 4.92. The van der Waals surface area contributed by atoms with Crippen LogP contribution in [0.15, 0.2) is 34.7 Å². The van der Waals surface area contributed by atoms with E-state index in [1.807, 2.05) is 18.2 Å². The minimum Gasteiger partial charge on any atom is -0.374 e. The molecule has 0 aromatic heterocycles. The second-order valence-electron chi connectivity index (χ2n) is 5.69. The van der Waals surface area contributed by atoms with Crippen molar-refractivity contribution in [3.05, 3.63) is 40.8 Å². The van der Waals surface area contributed by atoms with Crippen LogP contribution in [-0.4, -0.2) is 25.2 Å². The molecule has 0 saturated carbocycles. The molecule has 0 saturated heterocycles. The van der Waals surface area contributed by atoms with E-state index in [-0.39, 0.29) is 0 Å². The SMILES string of the molecule is CS/C=C(\C[C@@H](C)CC1=NCCCN1)c1cccc(C#N)c1. The van der Waals surface area contributed by atoms with Gasteiger partial charge in [-0.25, -0.2) is 0 Å². The summed E-state index contributed by atoms with van der Waals surface area (Å²) in [7, 11) is 0. The summed E-state index contributed by atoms with van der Waals surface area (Å²) in [4.78, 5) is 4.56. The standard InChI is InChI=1S/C18H23N3S/c1-14(10-18-20-7-4-8-21-18)9-17(13-22-2)16-6-3-5-15(11-16)12-19/h3,5-6,11,13-14H,4,7-10H2,1-2H3,(H,20,21)/b17-13+/t14-/m1/s1. The molecule has 1 atom stereocenters. The molecule has 0 amide bonds. The molecule has 1 aliphatic heterocycles. The van der Waals surface area contributed by atoms with Crippen LogP contribution < -0.4 is 5.32 Å². The van der Waals surface area contributed by atoms with E-state index < -0.39 is 0 Å². The van der Waals surface area contributed by atoms with E-state index in [4.69, 9.17) is 5.26 Å². The van der Waals surface area contributed by atoms with E-state index in [1.165, 1.54) is 5.57 Å². The number of nitrogens with zero attached hydrogens (tertiary/aromatic N) is 2. The Morgan fingerprint density at radius 1 is 1.55 bits per heavy atom. The van der Waals surface area contributed by atoms with E-state index in [1.54, 1.807) is 11.8 Å². The Balaban J connectivity index is 2.06. The Bertz CT molecular complexity index is 599. The highest BCUT2D eigenvalue weighted by Gasteiger charge is 2.13. The zero-order chi connectivity index (χ0) is 15.8. The van der Waals surface area contributed by atoms with E-state index in [0.717, 1.165) is 49.3 Å². The fraction of sp³-hybridized carbons (Fsp3) is 0.444. The number of amidine groups is 1. The van der Waals surface area contributed by atoms with Crippen molar-refractivity contribution in [1.82, 2.24) is 5.32 Å². The topological polar surface area (TPSA) is 48.2 Å². The Hall–Kier alpha value is -1.73. The zero-order valence-electron chi connectivity index (χ0n) is 13.3. The number of hydrogen-bond donors (Lipinski definition) is 1. The summed E-state index contributed by atoms with van der Waals surface area (Å²) in [6.45, 7) is 4.26. The first-order valence-electron chi connectivity index (χ1n) is 7.72. The van der Waals surface area contributed by atoms with Gasteiger partial charge in [0.1, 0.15) is 0 Å². The van der Waals surface area contributed by atoms with Gasteiger partial charge in [-0.1, -0.05) is 19.1 Å². The Labute approximate surface area is 137 Å². The summed E-state index contributed by atoms with van der Waals surface area (Å²) >= 11 is 1.72. The molecule has 0 aliphatic carbocycles. The highest BCUT2D eigenvalue weighted by Crippen LogP contribution is 2.27. The van der Waals surface area contributed by atoms with Crippen LogP contribution in [0.3, 0.4) is 0 Å². The van der Waals surface area contributed by atoms with Gasteiger partial charge in [0.15, 0.2) is 0 Å². The van der Waals surface area contributed by atoms with Crippen molar-refractivity contribution in [2.45, 2.75) is 26.2 Å². The van der Waals surface area contributed by atoms with Crippen LogP contribution in [0.2, 0.25) is 0 Å². The Morgan fingerprint density at radius 2 is 2.41 bits per heavy atom. The maximum Gasteiger partial charge on any atom is 0.0991 e. The maximum atomic E-state index is 9.07. The number of nitriles is 1. The molecule has 1 aromatic rings. The van der Waals surface area contributed by atoms with Gasteiger partial charge in [0.25, 0.3) is 0 Å². The molecule has 22 heavy (non-hydrogen) atoms. The second kappa shape index (κ2) is 8.65. The minimum absolute atomic E-state index is 0.522. The fourth-order valence-electron chi connectivity index (χ4n) is 2.66. The van der Waals surface area contributed by atoms with Crippen LogP contribution >= 0.6 is 11.8 Å². The van der Waals surface area contributed by atoms with Gasteiger partial charge < -0.3 is 5.32 Å². The number of aliphatic imine (C=N–C) groups is 1. The Kier molecular flexibility index (Phi) is 6.54. The van der Waals surface area contributed by atoms with Crippen molar-refractivity contribution in [3.63, 3.8) is 0 Å². The van der Waals surface area contributed by atoms with Crippen LogP contribution in [0.1, 0.15) is 37.3 Å². The van der Waals surface area contributed by atoms with Crippen LogP contribution in [0.25, 0.3) is 5.57 Å². The molecule has 1 aromatic carbocycles. The average molecular weight is 313 g/mol. The van der Waals surface area contributed by atoms with Crippen LogP contribution in [-0.2, 0) is 0 Å². The van der Waals surface area contributed by atoms with Gasteiger partial charge in [0.05, 0.1) is 17.5 Å². The second-order valence-corrected chi connectivity index (χ2v) is 6.40. The van der Waals surface area contributed by atoms with E-state index >= 15 is 0 Å². The van der Waals surface area contributed by atoms with Gasteiger partial charge in [-0.3, -0.25) is 4.99 Å². The summed E-state index contributed by atoms with van der Waals surface area (Å²) in [5.74, 6) is 1.67. The minimum atomic E-state index is 0.522. The number of benzene rings is 1. The lowest BCUT2D eigenvalue weighted by atomic mass is 9.93. The normalized spacial score (nSPS) is 16.4. The first-order chi connectivity index (χ1) is 10.7. The summed E-state index contributed by atoms with van der Waals surface area (Å²) in [5, 5.41) is 14.7. The van der Waals surface area contributed by atoms with Crippen molar-refractivity contribution in [2.24, 2.45) is 10.9 Å². The van der Waals surface area contributed by atoms with Crippen LogP contribution in [0.4, 0.5) is 0 Å². The Morgan fingerprint density at radius 3 is 3.09 bits per heavy atom. The van der Waals surface area contributed by atoms with E-state index in [9.17, 15) is 0 Å². The molecule has 116 valence electrons. The maximum absolute atomic E-state index is 9.07. The lowest BCUT2D eigenvalue weighted by molar-refractivity contribution is 0.603. The van der Waals surface area contributed by atoms with Crippen molar-refractivity contribution >= 4 is 23.2 Å². The number of nitrogens with one attached hydrogen (secondary N) is 1. The monoisotopic (exact) mass is 313 g/mol. The van der Waals surface area contributed by atoms with Crippen molar-refractivity contribution < 1.29 is 0 Å². The first kappa shape index (κ1) is 16.6. The van der Waals surface area contributed by atoms with Crippen molar-refractivity contribution in [3.8, 4) is 6.07 Å². The third-order valence-electron chi connectivity index (χ3n) is 3.70. The largest absolute Gasteiger partial charge is 0.374 e. The molecule has 3 nitrogen and oxygen atoms in total. The highest BCUT2D eigenvalue weighted by molar-refractivity contribution is 8.01. The summed E-state index contributed by atoms with van der Waals surface area (Å²) < 4.78 is 0. The predicted octanol–water partition coefficient (Wildman–Crippen LogP) is 4.07. The van der Waals surface area contributed by atoms with Crippen LogP contribution in [0, 0.1) is 17.2 Å². The molecule has 1 N–H and O–H groups in total.